The van der Waals surface area contributed by atoms with E-state index in [0.29, 0.717) is 17.9 Å². The Bertz CT molecular complexity index is 400. The lowest BCUT2D eigenvalue weighted by atomic mass is 9.81. The molecule has 0 saturated heterocycles. The predicted molar refractivity (Wildman–Crippen MR) is 69.1 cm³/mol. The van der Waals surface area contributed by atoms with E-state index < -0.39 is 0 Å². The van der Waals surface area contributed by atoms with Crippen LogP contribution in [0.1, 0.15) is 34.1 Å². The molecule has 0 atom stereocenters. The van der Waals surface area contributed by atoms with Crippen molar-refractivity contribution in [2.45, 2.75) is 34.1 Å². The van der Waals surface area contributed by atoms with E-state index in [-0.39, 0.29) is 11.4 Å². The first-order valence-electron chi connectivity index (χ1n) is 5.90. The van der Waals surface area contributed by atoms with E-state index in [2.05, 4.69) is 13.8 Å². The molecule has 0 radical (unpaired) electrons. The van der Waals surface area contributed by atoms with Crippen molar-refractivity contribution in [2.75, 3.05) is 6.61 Å². The maximum absolute atomic E-state index is 11.7. The number of nitrogens with two attached hydrogens (primary N) is 1. The molecule has 0 saturated carbocycles. The number of hydrogen-bond donors (Lipinski definition) is 1. The highest BCUT2D eigenvalue weighted by atomic mass is 16.5. The van der Waals surface area contributed by atoms with Gasteiger partial charge in [0.15, 0.2) is 0 Å². The number of esters is 1. The highest BCUT2D eigenvalue weighted by Crippen LogP contribution is 2.33. The molecule has 2 N–H and O–H groups in total. The number of rotatable bonds is 3. The number of hydrogen-bond acceptors (Lipinski definition) is 3. The van der Waals surface area contributed by atoms with Crippen molar-refractivity contribution in [2.24, 2.45) is 11.1 Å². The summed E-state index contributed by atoms with van der Waals surface area (Å²) < 4.78 is 5.16. The number of allylic oxidation sites excluding steroid dienone is 2. The van der Waals surface area contributed by atoms with Crippen LogP contribution in [0.2, 0.25) is 0 Å². The second kappa shape index (κ2) is 5.21. The maximum atomic E-state index is 11.7. The monoisotopic (exact) mass is 235 g/mol. The lowest BCUT2D eigenvalue weighted by Crippen LogP contribution is -2.30. The maximum Gasteiger partial charge on any atom is 0.338 e. The van der Waals surface area contributed by atoms with E-state index >= 15 is 0 Å². The van der Waals surface area contributed by atoms with E-state index in [4.69, 9.17) is 10.5 Å². The molecule has 0 fully saturated rings. The standard InChI is InChI=1S/C14H21NO2/c1-5-6-11(15)7-8-12-10(2)14(3,4)9-17-13(12)16/h6-8H,5,9,15H2,1-4H3/b8-7-,11-6-. The van der Waals surface area contributed by atoms with Crippen molar-refractivity contribution >= 4 is 5.97 Å². The third kappa shape index (κ3) is 3.22. The van der Waals surface area contributed by atoms with Gasteiger partial charge < -0.3 is 10.5 Å². The highest BCUT2D eigenvalue weighted by molar-refractivity contribution is 5.93. The van der Waals surface area contributed by atoms with E-state index in [1.165, 1.54) is 0 Å². The van der Waals surface area contributed by atoms with Gasteiger partial charge in [0, 0.05) is 11.1 Å². The minimum Gasteiger partial charge on any atom is -0.461 e. The summed E-state index contributed by atoms with van der Waals surface area (Å²) in [4.78, 5) is 11.7. The number of ether oxygens (including phenoxy) is 1. The van der Waals surface area contributed by atoms with Gasteiger partial charge in [-0.3, -0.25) is 0 Å². The molecule has 0 aromatic carbocycles. The van der Waals surface area contributed by atoms with E-state index in [1.807, 2.05) is 19.9 Å². The van der Waals surface area contributed by atoms with Crippen LogP contribution in [0.4, 0.5) is 0 Å². The second-order valence-corrected chi connectivity index (χ2v) is 4.94. The molecule has 0 aliphatic carbocycles. The molecule has 1 aliphatic heterocycles. The molecule has 1 aliphatic rings. The molecular weight excluding hydrogens is 214 g/mol. The van der Waals surface area contributed by atoms with Crippen LogP contribution in [0.25, 0.3) is 0 Å². The minimum atomic E-state index is -0.262. The van der Waals surface area contributed by atoms with Crippen LogP contribution in [0.3, 0.4) is 0 Å². The molecule has 0 spiro atoms. The highest BCUT2D eigenvalue weighted by Gasteiger charge is 2.31. The Morgan fingerprint density at radius 2 is 2.18 bits per heavy atom. The van der Waals surface area contributed by atoms with Crippen molar-refractivity contribution in [3.63, 3.8) is 0 Å². The molecule has 3 nitrogen and oxygen atoms in total. The zero-order chi connectivity index (χ0) is 13.1. The van der Waals surface area contributed by atoms with Crippen molar-refractivity contribution < 1.29 is 9.53 Å². The fourth-order valence-corrected chi connectivity index (χ4v) is 1.63. The summed E-state index contributed by atoms with van der Waals surface area (Å²) in [5.41, 5.74) is 8.00. The largest absolute Gasteiger partial charge is 0.461 e. The first kappa shape index (κ1) is 13.6. The summed E-state index contributed by atoms with van der Waals surface area (Å²) in [7, 11) is 0. The van der Waals surface area contributed by atoms with Crippen LogP contribution in [-0.2, 0) is 9.53 Å². The summed E-state index contributed by atoms with van der Waals surface area (Å²) in [5, 5.41) is 0. The number of carbonyl (C=O) groups excluding carboxylic acids is 1. The topological polar surface area (TPSA) is 52.3 Å². The normalized spacial score (nSPS) is 20.9. The van der Waals surface area contributed by atoms with Crippen molar-refractivity contribution in [1.29, 1.82) is 0 Å². The van der Waals surface area contributed by atoms with Gasteiger partial charge >= 0.3 is 5.97 Å². The van der Waals surface area contributed by atoms with Gasteiger partial charge in [-0.25, -0.2) is 4.79 Å². The van der Waals surface area contributed by atoms with Gasteiger partial charge in [-0.15, -0.1) is 0 Å². The quantitative estimate of drug-likeness (QED) is 0.604. The van der Waals surface area contributed by atoms with Crippen LogP contribution in [0.15, 0.2) is 35.1 Å². The van der Waals surface area contributed by atoms with Gasteiger partial charge in [0.25, 0.3) is 0 Å². The molecule has 0 bridgehead atoms. The van der Waals surface area contributed by atoms with Gasteiger partial charge in [-0.05, 0) is 31.1 Å². The van der Waals surface area contributed by atoms with Crippen molar-refractivity contribution in [3.05, 3.63) is 35.1 Å². The Morgan fingerprint density at radius 1 is 1.53 bits per heavy atom. The SMILES string of the molecule is CC/C=C(N)/C=C\C1=C(C)C(C)(C)COC1=O. The molecule has 0 aromatic heterocycles. The summed E-state index contributed by atoms with van der Waals surface area (Å²) in [6, 6.07) is 0. The average molecular weight is 235 g/mol. The van der Waals surface area contributed by atoms with Gasteiger partial charge in [0.05, 0.1) is 5.57 Å². The molecule has 17 heavy (non-hydrogen) atoms. The van der Waals surface area contributed by atoms with E-state index in [1.54, 1.807) is 12.2 Å². The Morgan fingerprint density at radius 3 is 2.76 bits per heavy atom. The zero-order valence-electron chi connectivity index (χ0n) is 11.0. The summed E-state index contributed by atoms with van der Waals surface area (Å²) >= 11 is 0. The summed E-state index contributed by atoms with van der Waals surface area (Å²) in [6.07, 6.45) is 6.29. The molecule has 3 heteroatoms. The molecular formula is C14H21NO2. The van der Waals surface area contributed by atoms with Gasteiger partial charge in [0.1, 0.15) is 6.61 Å². The summed E-state index contributed by atoms with van der Waals surface area (Å²) in [6.45, 7) is 8.56. The minimum absolute atomic E-state index is 0.100. The Hall–Kier alpha value is -1.51. The number of cyclic esters (lactones) is 1. The smallest absolute Gasteiger partial charge is 0.338 e. The van der Waals surface area contributed by atoms with Crippen LogP contribution in [-0.4, -0.2) is 12.6 Å². The predicted octanol–water partition coefficient (Wildman–Crippen LogP) is 2.69. The molecule has 0 unspecified atom stereocenters. The fraction of sp³-hybridized carbons (Fsp3) is 0.500. The molecule has 94 valence electrons. The first-order chi connectivity index (χ1) is 7.88. The molecule has 0 aromatic rings. The molecule has 1 heterocycles. The Labute approximate surface area is 103 Å². The van der Waals surface area contributed by atoms with Crippen LogP contribution in [0.5, 0.6) is 0 Å². The Kier molecular flexibility index (Phi) is 4.16. The van der Waals surface area contributed by atoms with Gasteiger partial charge in [-0.1, -0.05) is 26.8 Å². The van der Waals surface area contributed by atoms with E-state index in [9.17, 15) is 4.79 Å². The molecule has 0 amide bonds. The first-order valence-corrected chi connectivity index (χ1v) is 5.90. The second-order valence-electron chi connectivity index (χ2n) is 4.94. The Balaban J connectivity index is 3.02. The lowest BCUT2D eigenvalue weighted by molar-refractivity contribution is -0.142. The van der Waals surface area contributed by atoms with Crippen LogP contribution < -0.4 is 5.73 Å². The lowest BCUT2D eigenvalue weighted by Gasteiger charge is -2.31. The summed E-state index contributed by atoms with van der Waals surface area (Å²) in [5.74, 6) is -0.262. The van der Waals surface area contributed by atoms with Gasteiger partial charge in [0.2, 0.25) is 0 Å². The van der Waals surface area contributed by atoms with Crippen LogP contribution in [0, 0.1) is 5.41 Å². The average Bonchev–Trinajstić information content (AvgIpc) is 2.25. The van der Waals surface area contributed by atoms with Crippen molar-refractivity contribution in [1.82, 2.24) is 0 Å². The third-order valence-electron chi connectivity index (χ3n) is 3.09. The fourth-order valence-electron chi connectivity index (χ4n) is 1.63. The van der Waals surface area contributed by atoms with E-state index in [0.717, 1.165) is 12.0 Å². The zero-order valence-corrected chi connectivity index (χ0v) is 11.0. The third-order valence-corrected chi connectivity index (χ3v) is 3.09. The molecule has 1 rings (SSSR count). The van der Waals surface area contributed by atoms with Gasteiger partial charge in [-0.2, -0.15) is 0 Å². The van der Waals surface area contributed by atoms with Crippen molar-refractivity contribution in [3.8, 4) is 0 Å². The number of carbonyl (C=O) groups is 1. The van der Waals surface area contributed by atoms with Crippen LogP contribution >= 0.6 is 0 Å².